The molecule has 0 radical (unpaired) electrons. The summed E-state index contributed by atoms with van der Waals surface area (Å²) in [5.74, 6) is 0.604. The SMILES string of the molecule is CO[C@H]1CC[C@]2(CC1)Cc1ccc(C(C)(C)C)cc1C21N=C(C)C(N)=N1. The third-order valence-corrected chi connectivity index (χ3v) is 6.83. The van der Waals surface area contributed by atoms with Gasteiger partial charge >= 0.3 is 0 Å². The molecule has 3 aliphatic rings. The number of fused-ring (bicyclic) bond motifs is 3. The van der Waals surface area contributed by atoms with Crippen molar-refractivity contribution in [2.45, 2.75) is 77.0 Å². The summed E-state index contributed by atoms with van der Waals surface area (Å²) in [7, 11) is 1.82. The Morgan fingerprint density at radius 3 is 2.38 bits per heavy atom. The summed E-state index contributed by atoms with van der Waals surface area (Å²) in [5.41, 5.74) is 10.7. The van der Waals surface area contributed by atoms with Crippen molar-refractivity contribution in [1.82, 2.24) is 0 Å². The average Bonchev–Trinajstić information content (AvgIpc) is 3.03. The summed E-state index contributed by atoms with van der Waals surface area (Å²) in [4.78, 5) is 10.2. The number of methoxy groups -OCH3 is 1. The molecule has 0 bridgehead atoms. The van der Waals surface area contributed by atoms with Gasteiger partial charge in [0, 0.05) is 18.1 Å². The van der Waals surface area contributed by atoms with Gasteiger partial charge in [-0.05, 0) is 55.6 Å². The van der Waals surface area contributed by atoms with Crippen LogP contribution >= 0.6 is 0 Å². The van der Waals surface area contributed by atoms with E-state index < -0.39 is 5.66 Å². The normalized spacial score (nSPS) is 33.5. The van der Waals surface area contributed by atoms with Gasteiger partial charge in [-0.2, -0.15) is 0 Å². The first-order valence-electron chi connectivity index (χ1n) is 9.80. The van der Waals surface area contributed by atoms with E-state index in [4.69, 9.17) is 20.5 Å². The number of rotatable bonds is 1. The Hall–Kier alpha value is -1.68. The highest BCUT2D eigenvalue weighted by Crippen LogP contribution is 2.62. The molecule has 0 amide bonds. The van der Waals surface area contributed by atoms with Crippen LogP contribution in [0.15, 0.2) is 28.2 Å². The van der Waals surface area contributed by atoms with Gasteiger partial charge in [-0.15, -0.1) is 0 Å². The molecule has 4 heteroatoms. The molecule has 0 aromatic heterocycles. The van der Waals surface area contributed by atoms with Crippen molar-refractivity contribution < 1.29 is 4.74 Å². The molecule has 26 heavy (non-hydrogen) atoms. The fourth-order valence-corrected chi connectivity index (χ4v) is 5.14. The fourth-order valence-electron chi connectivity index (χ4n) is 5.14. The second-order valence-electron chi connectivity index (χ2n) is 9.38. The molecule has 1 heterocycles. The minimum Gasteiger partial charge on any atom is -0.382 e. The van der Waals surface area contributed by atoms with Crippen LogP contribution in [0.3, 0.4) is 0 Å². The number of hydrogen-bond donors (Lipinski definition) is 1. The van der Waals surface area contributed by atoms with Crippen LogP contribution in [-0.2, 0) is 22.2 Å². The lowest BCUT2D eigenvalue weighted by Crippen LogP contribution is -2.43. The molecule has 140 valence electrons. The van der Waals surface area contributed by atoms with Gasteiger partial charge < -0.3 is 10.5 Å². The summed E-state index contributed by atoms with van der Waals surface area (Å²) in [6.07, 6.45) is 5.71. The lowest BCUT2D eigenvalue weighted by Gasteiger charge is -2.44. The summed E-state index contributed by atoms with van der Waals surface area (Å²) in [5, 5.41) is 0. The molecule has 1 unspecified atom stereocenters. The largest absolute Gasteiger partial charge is 0.382 e. The molecule has 1 saturated carbocycles. The van der Waals surface area contributed by atoms with E-state index in [0.717, 1.165) is 37.8 Å². The van der Waals surface area contributed by atoms with Crippen LogP contribution in [0.2, 0.25) is 0 Å². The number of nitrogens with zero attached hydrogens (tertiary/aromatic N) is 2. The highest BCUT2D eigenvalue weighted by molar-refractivity contribution is 6.41. The van der Waals surface area contributed by atoms with Crippen molar-refractivity contribution in [3.05, 3.63) is 34.9 Å². The van der Waals surface area contributed by atoms with E-state index in [-0.39, 0.29) is 10.8 Å². The Kier molecular flexibility index (Phi) is 3.85. The van der Waals surface area contributed by atoms with Crippen molar-refractivity contribution in [1.29, 1.82) is 0 Å². The highest BCUT2D eigenvalue weighted by Gasteiger charge is 2.60. The maximum Gasteiger partial charge on any atom is 0.184 e. The number of benzene rings is 1. The summed E-state index contributed by atoms with van der Waals surface area (Å²) < 4.78 is 5.63. The van der Waals surface area contributed by atoms with Gasteiger partial charge in [0.05, 0.1) is 11.8 Å². The third kappa shape index (κ3) is 2.38. The zero-order chi connectivity index (χ0) is 18.7. The molecule has 1 aromatic rings. The van der Waals surface area contributed by atoms with Gasteiger partial charge in [-0.25, -0.2) is 4.99 Å². The molecule has 2 aliphatic carbocycles. The zero-order valence-electron chi connectivity index (χ0n) is 16.7. The van der Waals surface area contributed by atoms with Crippen molar-refractivity contribution in [2.75, 3.05) is 7.11 Å². The van der Waals surface area contributed by atoms with Crippen LogP contribution < -0.4 is 5.73 Å². The van der Waals surface area contributed by atoms with Gasteiger partial charge in [0.1, 0.15) is 5.84 Å². The Bertz CT molecular complexity index is 774. The van der Waals surface area contributed by atoms with E-state index in [1.54, 1.807) is 0 Å². The van der Waals surface area contributed by atoms with Crippen LogP contribution in [-0.4, -0.2) is 24.8 Å². The maximum absolute atomic E-state index is 6.25. The van der Waals surface area contributed by atoms with Crippen LogP contribution in [0, 0.1) is 5.41 Å². The van der Waals surface area contributed by atoms with E-state index >= 15 is 0 Å². The number of ether oxygens (including phenoxy) is 1. The standard InChI is InChI=1S/C22H31N3O/c1-14-19(23)25-22(24-14)18-12-16(20(2,3)4)7-6-15(18)13-21(22)10-8-17(26-5)9-11-21/h6-7,12,17H,8-11,13H2,1-5H3,(H2,23,25)/t17-,21-,22?. The monoisotopic (exact) mass is 353 g/mol. The minimum atomic E-state index is -0.531. The van der Waals surface area contributed by atoms with Crippen molar-refractivity contribution >= 4 is 11.5 Å². The predicted molar refractivity (Wildman–Crippen MR) is 107 cm³/mol. The molecule has 1 atom stereocenters. The molecule has 2 spiro atoms. The molecule has 4 nitrogen and oxygen atoms in total. The molecular weight excluding hydrogens is 322 g/mol. The van der Waals surface area contributed by atoms with Gasteiger partial charge in [0.25, 0.3) is 0 Å². The molecule has 2 N–H and O–H groups in total. The molecular formula is C22H31N3O. The van der Waals surface area contributed by atoms with Gasteiger partial charge in [-0.3, -0.25) is 4.99 Å². The van der Waals surface area contributed by atoms with Crippen molar-refractivity contribution in [3.63, 3.8) is 0 Å². The van der Waals surface area contributed by atoms with Crippen LogP contribution in [0.5, 0.6) is 0 Å². The minimum absolute atomic E-state index is 0.0310. The summed E-state index contributed by atoms with van der Waals surface area (Å²) in [6, 6.07) is 6.94. The summed E-state index contributed by atoms with van der Waals surface area (Å²) in [6.45, 7) is 8.78. The second kappa shape index (κ2) is 5.66. The smallest absolute Gasteiger partial charge is 0.184 e. The van der Waals surface area contributed by atoms with Crippen LogP contribution in [0.1, 0.15) is 70.1 Å². The lowest BCUT2D eigenvalue weighted by atomic mass is 9.65. The van der Waals surface area contributed by atoms with Crippen molar-refractivity contribution in [3.8, 4) is 0 Å². The van der Waals surface area contributed by atoms with E-state index in [1.807, 2.05) is 14.0 Å². The number of hydrogen-bond acceptors (Lipinski definition) is 4. The topological polar surface area (TPSA) is 60.0 Å². The van der Waals surface area contributed by atoms with Crippen LogP contribution in [0.4, 0.5) is 0 Å². The van der Waals surface area contributed by atoms with Gasteiger partial charge in [-0.1, -0.05) is 39.0 Å². The number of amidine groups is 1. The first-order chi connectivity index (χ1) is 12.2. The first-order valence-corrected chi connectivity index (χ1v) is 9.80. The van der Waals surface area contributed by atoms with E-state index in [0.29, 0.717) is 11.9 Å². The Balaban J connectivity index is 1.87. The third-order valence-electron chi connectivity index (χ3n) is 6.83. The first kappa shape index (κ1) is 17.7. The van der Waals surface area contributed by atoms with Gasteiger partial charge in [0.2, 0.25) is 0 Å². The van der Waals surface area contributed by atoms with Crippen molar-refractivity contribution in [2.24, 2.45) is 21.1 Å². The number of aliphatic imine (C=N–C) groups is 2. The lowest BCUT2D eigenvalue weighted by molar-refractivity contribution is -0.000389. The number of nitrogens with two attached hydrogens (primary N) is 1. The Labute approximate surface area is 156 Å². The van der Waals surface area contributed by atoms with E-state index in [1.165, 1.54) is 16.7 Å². The Morgan fingerprint density at radius 1 is 1.15 bits per heavy atom. The predicted octanol–water partition coefficient (Wildman–Crippen LogP) is 4.10. The fraction of sp³-hybridized carbons (Fsp3) is 0.636. The summed E-state index contributed by atoms with van der Waals surface area (Å²) >= 11 is 0. The maximum atomic E-state index is 6.25. The second-order valence-corrected chi connectivity index (χ2v) is 9.38. The molecule has 0 saturated heterocycles. The van der Waals surface area contributed by atoms with E-state index in [2.05, 4.69) is 39.0 Å². The quantitative estimate of drug-likeness (QED) is 0.826. The molecule has 1 aromatic carbocycles. The van der Waals surface area contributed by atoms with E-state index in [9.17, 15) is 0 Å². The average molecular weight is 354 g/mol. The highest BCUT2D eigenvalue weighted by atomic mass is 16.5. The molecule has 1 fully saturated rings. The zero-order valence-corrected chi connectivity index (χ0v) is 16.7. The van der Waals surface area contributed by atoms with Gasteiger partial charge in [0.15, 0.2) is 5.66 Å². The molecule has 1 aliphatic heterocycles. The Morgan fingerprint density at radius 2 is 1.85 bits per heavy atom. The van der Waals surface area contributed by atoms with Crippen LogP contribution in [0.25, 0.3) is 0 Å². The molecule has 4 rings (SSSR count).